The molecule has 106 valence electrons. The summed E-state index contributed by atoms with van der Waals surface area (Å²) in [6.07, 6.45) is 6.77. The third-order valence-corrected chi connectivity index (χ3v) is 5.09. The predicted octanol–water partition coefficient (Wildman–Crippen LogP) is 1.96. The highest BCUT2D eigenvalue weighted by molar-refractivity contribution is 4.84. The van der Waals surface area contributed by atoms with Crippen molar-refractivity contribution in [2.75, 3.05) is 39.3 Å². The van der Waals surface area contributed by atoms with Gasteiger partial charge in [-0.15, -0.1) is 0 Å². The molecule has 0 aromatic carbocycles. The summed E-state index contributed by atoms with van der Waals surface area (Å²) in [4.78, 5) is 5.25. The lowest BCUT2D eigenvalue weighted by Crippen LogP contribution is -2.52. The van der Waals surface area contributed by atoms with Gasteiger partial charge in [-0.1, -0.05) is 26.7 Å². The third kappa shape index (κ3) is 3.46. The van der Waals surface area contributed by atoms with Crippen LogP contribution in [0.3, 0.4) is 0 Å². The number of rotatable bonds is 5. The van der Waals surface area contributed by atoms with Gasteiger partial charge in [-0.2, -0.15) is 0 Å². The summed E-state index contributed by atoms with van der Waals surface area (Å²) in [6.45, 7) is 10.6. The summed E-state index contributed by atoms with van der Waals surface area (Å²) < 4.78 is 0. The molecule has 1 aliphatic carbocycles. The van der Waals surface area contributed by atoms with Crippen molar-refractivity contribution in [1.29, 1.82) is 0 Å². The minimum Gasteiger partial charge on any atom is -0.396 e. The van der Waals surface area contributed by atoms with Crippen molar-refractivity contribution < 1.29 is 5.11 Å². The molecule has 3 heteroatoms. The quantitative estimate of drug-likeness (QED) is 0.812. The van der Waals surface area contributed by atoms with Crippen LogP contribution in [0.5, 0.6) is 0 Å². The second-order valence-electron chi connectivity index (χ2n) is 6.57. The van der Waals surface area contributed by atoms with E-state index in [9.17, 15) is 5.11 Å². The Bertz CT molecular complexity index is 239. The van der Waals surface area contributed by atoms with Crippen LogP contribution in [-0.2, 0) is 0 Å². The molecule has 3 nitrogen and oxygen atoms in total. The lowest BCUT2D eigenvalue weighted by molar-refractivity contribution is 0.0424. The molecule has 2 rings (SSSR count). The zero-order chi connectivity index (χ0) is 13.0. The van der Waals surface area contributed by atoms with Gasteiger partial charge in [0, 0.05) is 50.8 Å². The van der Waals surface area contributed by atoms with Gasteiger partial charge < -0.3 is 10.0 Å². The first-order chi connectivity index (χ1) is 8.67. The average Bonchev–Trinajstić information content (AvgIpc) is 2.93. The number of aliphatic hydroxyl groups excluding tert-OH is 1. The number of piperazine rings is 1. The Balaban J connectivity index is 1.76. The van der Waals surface area contributed by atoms with Crippen LogP contribution in [0.25, 0.3) is 0 Å². The van der Waals surface area contributed by atoms with Crippen molar-refractivity contribution in [3.8, 4) is 0 Å². The molecule has 0 bridgehead atoms. The maximum atomic E-state index is 9.50. The van der Waals surface area contributed by atoms with Crippen molar-refractivity contribution in [3.63, 3.8) is 0 Å². The van der Waals surface area contributed by atoms with Crippen LogP contribution in [0.2, 0.25) is 0 Å². The van der Waals surface area contributed by atoms with E-state index in [0.717, 1.165) is 19.0 Å². The minimum absolute atomic E-state index is 0.0928. The molecule has 1 heterocycles. The van der Waals surface area contributed by atoms with Gasteiger partial charge in [0.1, 0.15) is 0 Å². The molecule has 0 aromatic rings. The summed E-state index contributed by atoms with van der Waals surface area (Å²) in [7, 11) is 0. The van der Waals surface area contributed by atoms with Gasteiger partial charge in [-0.25, -0.2) is 0 Å². The number of aliphatic hydroxyl groups is 1. The van der Waals surface area contributed by atoms with E-state index >= 15 is 0 Å². The van der Waals surface area contributed by atoms with E-state index < -0.39 is 0 Å². The minimum atomic E-state index is 0.0928. The fourth-order valence-electron chi connectivity index (χ4n) is 3.37. The summed E-state index contributed by atoms with van der Waals surface area (Å²) >= 11 is 0. The molecule has 0 spiro atoms. The normalized spacial score (nSPS) is 27.5. The number of nitrogens with zero attached hydrogens (tertiary/aromatic N) is 2. The molecule has 0 aromatic heterocycles. The maximum absolute atomic E-state index is 9.50. The molecule has 18 heavy (non-hydrogen) atoms. The fourth-order valence-corrected chi connectivity index (χ4v) is 3.37. The molecule has 1 N–H and O–H groups in total. The van der Waals surface area contributed by atoms with Gasteiger partial charge in [-0.3, -0.25) is 4.90 Å². The van der Waals surface area contributed by atoms with Crippen molar-refractivity contribution in [3.05, 3.63) is 0 Å². The van der Waals surface area contributed by atoms with E-state index in [4.69, 9.17) is 0 Å². The SMILES string of the molecule is CCC(C)(CO)CN1CCN(C2CCCC2)CC1. The Morgan fingerprint density at radius 1 is 1.11 bits per heavy atom. The monoisotopic (exact) mass is 254 g/mol. The molecule has 1 atom stereocenters. The lowest BCUT2D eigenvalue weighted by Gasteiger charge is -2.41. The first-order valence-electron chi connectivity index (χ1n) is 7.74. The van der Waals surface area contributed by atoms with E-state index in [1.54, 1.807) is 0 Å². The first kappa shape index (κ1) is 14.3. The molecule has 0 amide bonds. The van der Waals surface area contributed by atoms with Crippen LogP contribution in [0.4, 0.5) is 0 Å². The van der Waals surface area contributed by atoms with Crippen LogP contribution in [0, 0.1) is 5.41 Å². The molecule has 2 aliphatic rings. The summed E-state index contributed by atoms with van der Waals surface area (Å²) in [5.41, 5.74) is 0.0928. The molecular weight excluding hydrogens is 224 g/mol. The molecule has 2 fully saturated rings. The van der Waals surface area contributed by atoms with Crippen LogP contribution in [0.1, 0.15) is 46.0 Å². The molecule has 1 saturated carbocycles. The summed E-state index contributed by atoms with van der Waals surface area (Å²) in [5.74, 6) is 0. The van der Waals surface area contributed by atoms with E-state index in [2.05, 4.69) is 23.6 Å². The van der Waals surface area contributed by atoms with Crippen molar-refractivity contribution in [1.82, 2.24) is 9.80 Å². The third-order valence-electron chi connectivity index (χ3n) is 5.09. The zero-order valence-corrected chi connectivity index (χ0v) is 12.2. The van der Waals surface area contributed by atoms with Gasteiger partial charge in [0.2, 0.25) is 0 Å². The van der Waals surface area contributed by atoms with E-state index in [-0.39, 0.29) is 5.41 Å². The Hall–Kier alpha value is -0.120. The Kier molecular flexibility index (Phi) is 5.05. The van der Waals surface area contributed by atoms with Crippen LogP contribution >= 0.6 is 0 Å². The Morgan fingerprint density at radius 3 is 2.22 bits per heavy atom. The predicted molar refractivity (Wildman–Crippen MR) is 75.8 cm³/mol. The maximum Gasteiger partial charge on any atom is 0.0496 e. The second-order valence-corrected chi connectivity index (χ2v) is 6.57. The van der Waals surface area contributed by atoms with Crippen LogP contribution in [-0.4, -0.2) is 60.3 Å². The molecular formula is C15H30N2O. The van der Waals surface area contributed by atoms with Crippen molar-refractivity contribution in [2.45, 2.75) is 52.0 Å². The Morgan fingerprint density at radius 2 is 1.72 bits per heavy atom. The highest BCUT2D eigenvalue weighted by Gasteiger charge is 2.29. The fraction of sp³-hybridized carbons (Fsp3) is 1.00. The standard InChI is InChI=1S/C15H30N2O/c1-3-15(2,13-18)12-16-8-10-17(11-9-16)14-6-4-5-7-14/h14,18H,3-13H2,1-2H3. The van der Waals surface area contributed by atoms with Crippen LogP contribution in [0.15, 0.2) is 0 Å². The van der Waals surface area contributed by atoms with E-state index in [1.165, 1.54) is 51.9 Å². The summed E-state index contributed by atoms with van der Waals surface area (Å²) in [6, 6.07) is 0.877. The van der Waals surface area contributed by atoms with Gasteiger partial charge in [0.05, 0.1) is 0 Å². The van der Waals surface area contributed by atoms with Gasteiger partial charge in [0.25, 0.3) is 0 Å². The highest BCUT2D eigenvalue weighted by Crippen LogP contribution is 2.26. The van der Waals surface area contributed by atoms with Gasteiger partial charge >= 0.3 is 0 Å². The topological polar surface area (TPSA) is 26.7 Å². The zero-order valence-electron chi connectivity index (χ0n) is 12.2. The summed E-state index contributed by atoms with van der Waals surface area (Å²) in [5, 5.41) is 9.50. The van der Waals surface area contributed by atoms with E-state index in [1.807, 2.05) is 0 Å². The number of hydrogen-bond donors (Lipinski definition) is 1. The van der Waals surface area contributed by atoms with Crippen molar-refractivity contribution in [2.24, 2.45) is 5.41 Å². The second kappa shape index (κ2) is 6.36. The van der Waals surface area contributed by atoms with E-state index in [0.29, 0.717) is 6.61 Å². The largest absolute Gasteiger partial charge is 0.396 e. The van der Waals surface area contributed by atoms with Gasteiger partial charge in [0.15, 0.2) is 0 Å². The van der Waals surface area contributed by atoms with Gasteiger partial charge in [-0.05, 0) is 19.3 Å². The number of hydrogen-bond acceptors (Lipinski definition) is 3. The smallest absolute Gasteiger partial charge is 0.0496 e. The first-order valence-corrected chi connectivity index (χ1v) is 7.74. The molecule has 1 aliphatic heterocycles. The lowest BCUT2D eigenvalue weighted by atomic mass is 9.88. The van der Waals surface area contributed by atoms with Crippen molar-refractivity contribution >= 4 is 0 Å². The highest BCUT2D eigenvalue weighted by atomic mass is 16.3. The van der Waals surface area contributed by atoms with Crippen LogP contribution < -0.4 is 0 Å². The molecule has 0 radical (unpaired) electrons. The Labute approximate surface area is 112 Å². The molecule has 1 saturated heterocycles. The molecule has 1 unspecified atom stereocenters. The average molecular weight is 254 g/mol.